The monoisotopic (exact) mass is 318 g/mol. The molecular formula is C17H26N4O2. The highest BCUT2D eigenvalue weighted by Gasteiger charge is 2.29. The van der Waals surface area contributed by atoms with E-state index in [2.05, 4.69) is 14.9 Å². The summed E-state index contributed by atoms with van der Waals surface area (Å²) in [6.07, 6.45) is 8.25. The van der Waals surface area contributed by atoms with Crippen LogP contribution in [0, 0.1) is 5.92 Å². The Labute approximate surface area is 137 Å². The van der Waals surface area contributed by atoms with Crippen LogP contribution in [0.3, 0.4) is 0 Å². The van der Waals surface area contributed by atoms with Gasteiger partial charge in [-0.1, -0.05) is 12.8 Å². The van der Waals surface area contributed by atoms with E-state index in [1.165, 1.54) is 17.5 Å². The van der Waals surface area contributed by atoms with Gasteiger partial charge in [0.15, 0.2) is 0 Å². The minimum Gasteiger partial charge on any atom is -0.370 e. The molecule has 1 amide bonds. The van der Waals surface area contributed by atoms with Crippen molar-refractivity contribution in [3.8, 4) is 0 Å². The first-order chi connectivity index (χ1) is 11.1. The van der Waals surface area contributed by atoms with Gasteiger partial charge in [-0.3, -0.25) is 9.59 Å². The van der Waals surface area contributed by atoms with Gasteiger partial charge in [0.25, 0.3) is 5.56 Å². The van der Waals surface area contributed by atoms with E-state index in [4.69, 9.17) is 0 Å². The molecule has 0 radical (unpaired) electrons. The van der Waals surface area contributed by atoms with E-state index < -0.39 is 0 Å². The second kappa shape index (κ2) is 7.15. The second-order valence-corrected chi connectivity index (χ2v) is 6.68. The number of carbonyl (C=O) groups is 1. The smallest absolute Gasteiger partial charge is 0.268 e. The number of aryl methyl sites for hydroxylation is 1. The Morgan fingerprint density at radius 3 is 2.35 bits per heavy atom. The number of anilines is 1. The van der Waals surface area contributed by atoms with Gasteiger partial charge in [0.2, 0.25) is 5.91 Å². The average molecular weight is 318 g/mol. The predicted octanol–water partition coefficient (Wildman–Crippen LogP) is 1.40. The van der Waals surface area contributed by atoms with Gasteiger partial charge >= 0.3 is 0 Å². The van der Waals surface area contributed by atoms with E-state index in [0.717, 1.165) is 57.5 Å². The van der Waals surface area contributed by atoms with Gasteiger partial charge < -0.3 is 9.80 Å². The summed E-state index contributed by atoms with van der Waals surface area (Å²) in [5, 5.41) is 4.08. The van der Waals surface area contributed by atoms with Crippen LogP contribution in [-0.4, -0.2) is 46.8 Å². The van der Waals surface area contributed by atoms with Crippen molar-refractivity contribution >= 4 is 11.6 Å². The number of amides is 1. The molecule has 3 heterocycles. The molecule has 0 aromatic carbocycles. The summed E-state index contributed by atoms with van der Waals surface area (Å²) < 4.78 is 1.33. The summed E-state index contributed by atoms with van der Waals surface area (Å²) in [6, 6.07) is 1.63. The molecule has 1 aromatic heterocycles. The first kappa shape index (κ1) is 16.0. The summed E-state index contributed by atoms with van der Waals surface area (Å²) in [5.41, 5.74) is 0.777. The third-order valence-corrected chi connectivity index (χ3v) is 5.08. The fourth-order valence-electron chi connectivity index (χ4n) is 3.57. The molecule has 0 atom stereocenters. The van der Waals surface area contributed by atoms with Gasteiger partial charge in [0.1, 0.15) is 0 Å². The summed E-state index contributed by atoms with van der Waals surface area (Å²) in [6.45, 7) is 3.49. The lowest BCUT2D eigenvalue weighted by molar-refractivity contribution is -0.136. The molecule has 1 aromatic rings. The fourth-order valence-corrected chi connectivity index (χ4v) is 3.57. The van der Waals surface area contributed by atoms with Gasteiger partial charge in [-0.25, -0.2) is 4.68 Å². The number of piperidine rings is 1. The van der Waals surface area contributed by atoms with Crippen molar-refractivity contribution in [3.05, 3.63) is 22.6 Å². The van der Waals surface area contributed by atoms with Crippen molar-refractivity contribution in [2.24, 2.45) is 13.0 Å². The predicted molar refractivity (Wildman–Crippen MR) is 89.5 cm³/mol. The minimum absolute atomic E-state index is 0.0923. The number of likely N-dealkylation sites (tertiary alicyclic amines) is 1. The van der Waals surface area contributed by atoms with Crippen molar-refractivity contribution in [1.82, 2.24) is 14.7 Å². The normalized spacial score (nSPS) is 20.4. The number of carbonyl (C=O) groups excluding carboxylic acids is 1. The van der Waals surface area contributed by atoms with Crippen molar-refractivity contribution in [2.75, 3.05) is 31.1 Å². The molecule has 0 unspecified atom stereocenters. The molecule has 2 aliphatic rings. The number of nitrogens with zero attached hydrogens (tertiary/aromatic N) is 4. The summed E-state index contributed by atoms with van der Waals surface area (Å²) >= 11 is 0. The topological polar surface area (TPSA) is 58.4 Å². The highest BCUT2D eigenvalue weighted by atomic mass is 16.2. The summed E-state index contributed by atoms with van der Waals surface area (Å²) in [4.78, 5) is 28.6. The summed E-state index contributed by atoms with van der Waals surface area (Å²) in [5.74, 6) is 0.484. The van der Waals surface area contributed by atoms with E-state index in [9.17, 15) is 9.59 Å². The Hall–Kier alpha value is -1.85. The molecule has 23 heavy (non-hydrogen) atoms. The maximum absolute atomic E-state index is 12.7. The van der Waals surface area contributed by atoms with Crippen LogP contribution in [0.15, 0.2) is 17.1 Å². The van der Waals surface area contributed by atoms with Crippen molar-refractivity contribution in [1.29, 1.82) is 0 Å². The Morgan fingerprint density at radius 1 is 1.09 bits per heavy atom. The zero-order valence-corrected chi connectivity index (χ0v) is 13.9. The first-order valence-electron chi connectivity index (χ1n) is 8.72. The molecule has 0 N–H and O–H groups in total. The van der Waals surface area contributed by atoms with Crippen LogP contribution in [-0.2, 0) is 11.8 Å². The van der Waals surface area contributed by atoms with Crippen LogP contribution in [0.5, 0.6) is 0 Å². The van der Waals surface area contributed by atoms with Gasteiger partial charge in [-0.05, 0) is 25.7 Å². The molecule has 0 saturated carbocycles. The number of hydrogen-bond donors (Lipinski definition) is 0. The Morgan fingerprint density at radius 2 is 1.74 bits per heavy atom. The van der Waals surface area contributed by atoms with Crippen LogP contribution >= 0.6 is 0 Å². The third kappa shape index (κ3) is 3.74. The molecule has 0 spiro atoms. The minimum atomic E-state index is -0.0923. The van der Waals surface area contributed by atoms with E-state index in [1.807, 2.05) is 0 Å². The number of hydrogen-bond acceptors (Lipinski definition) is 4. The molecule has 2 saturated heterocycles. The van der Waals surface area contributed by atoms with E-state index in [0.29, 0.717) is 5.91 Å². The van der Waals surface area contributed by atoms with Gasteiger partial charge in [0.05, 0.1) is 11.9 Å². The first-order valence-corrected chi connectivity index (χ1v) is 8.72. The lowest BCUT2D eigenvalue weighted by Crippen LogP contribution is -2.43. The van der Waals surface area contributed by atoms with Crippen LogP contribution < -0.4 is 10.5 Å². The largest absolute Gasteiger partial charge is 0.370 e. The second-order valence-electron chi connectivity index (χ2n) is 6.68. The number of aromatic nitrogens is 2. The van der Waals surface area contributed by atoms with Crippen molar-refractivity contribution < 1.29 is 4.79 Å². The van der Waals surface area contributed by atoms with Gasteiger partial charge in [-0.15, -0.1) is 0 Å². The third-order valence-electron chi connectivity index (χ3n) is 5.08. The Kier molecular flexibility index (Phi) is 4.98. The molecule has 2 fully saturated rings. The quantitative estimate of drug-likeness (QED) is 0.827. The van der Waals surface area contributed by atoms with E-state index in [-0.39, 0.29) is 11.5 Å². The van der Waals surface area contributed by atoms with E-state index in [1.54, 1.807) is 19.3 Å². The molecule has 2 aliphatic heterocycles. The van der Waals surface area contributed by atoms with Crippen LogP contribution in [0.2, 0.25) is 0 Å². The highest BCUT2D eigenvalue weighted by Crippen LogP contribution is 2.24. The zero-order chi connectivity index (χ0) is 16.2. The van der Waals surface area contributed by atoms with Crippen molar-refractivity contribution in [2.45, 2.75) is 38.5 Å². The maximum Gasteiger partial charge on any atom is 0.268 e. The lowest BCUT2D eigenvalue weighted by Gasteiger charge is -2.35. The van der Waals surface area contributed by atoms with Crippen LogP contribution in [0.25, 0.3) is 0 Å². The molecule has 126 valence electrons. The SMILES string of the molecule is Cn1ncc(N2CCC(C(=O)N3CCCCCC3)CC2)cc1=O. The molecule has 6 nitrogen and oxygen atoms in total. The summed E-state index contributed by atoms with van der Waals surface area (Å²) in [7, 11) is 1.65. The van der Waals surface area contributed by atoms with Crippen LogP contribution in [0.1, 0.15) is 38.5 Å². The average Bonchev–Trinajstić information content (AvgIpc) is 2.86. The maximum atomic E-state index is 12.7. The molecular weight excluding hydrogens is 292 g/mol. The van der Waals surface area contributed by atoms with Crippen LogP contribution in [0.4, 0.5) is 5.69 Å². The van der Waals surface area contributed by atoms with Gasteiger partial charge in [-0.2, -0.15) is 5.10 Å². The Balaban J connectivity index is 1.58. The van der Waals surface area contributed by atoms with Gasteiger partial charge in [0, 0.05) is 45.2 Å². The number of rotatable bonds is 2. The standard InChI is InChI=1S/C17H26N4O2/c1-19-16(22)12-15(13-18-19)20-10-6-14(7-11-20)17(23)21-8-4-2-3-5-9-21/h12-14H,2-11H2,1H3. The zero-order valence-electron chi connectivity index (χ0n) is 13.9. The molecule has 6 heteroatoms. The molecule has 3 rings (SSSR count). The molecule has 0 aliphatic carbocycles. The fraction of sp³-hybridized carbons (Fsp3) is 0.706. The lowest BCUT2D eigenvalue weighted by atomic mass is 9.95. The molecule has 0 bridgehead atoms. The van der Waals surface area contributed by atoms with E-state index >= 15 is 0 Å². The van der Waals surface area contributed by atoms with Crippen molar-refractivity contribution in [3.63, 3.8) is 0 Å². The highest BCUT2D eigenvalue weighted by molar-refractivity contribution is 5.79. The Bertz CT molecular complexity index is 597.